The Morgan fingerprint density at radius 2 is 1.24 bits per heavy atom. The smallest absolute Gasteiger partial charge is 0.335 e. The number of carboxylic acids is 1. The van der Waals surface area contributed by atoms with E-state index < -0.39 is 134 Å². The van der Waals surface area contributed by atoms with Crippen LogP contribution in [0.1, 0.15) is 106 Å². The first kappa shape index (κ1) is 51.4. The summed E-state index contributed by atoms with van der Waals surface area (Å²) in [7, 11) is 0. The average Bonchev–Trinajstić information content (AvgIpc) is 3.68. The number of rotatable bonds is 10. The normalized spacial score (nSPS) is 53.9. The summed E-state index contributed by atoms with van der Waals surface area (Å²) in [5.74, 6) is -1.58. The fourth-order valence-corrected chi connectivity index (χ4v) is 15.8. The molecule has 0 amide bonds. The van der Waals surface area contributed by atoms with Crippen LogP contribution in [-0.2, 0) is 38.0 Å². The van der Waals surface area contributed by atoms with Gasteiger partial charge in [-0.05, 0) is 122 Å². The number of aliphatic hydroxyl groups is 10. The summed E-state index contributed by atoms with van der Waals surface area (Å²) in [4.78, 5) is 26.8. The molecular weight excluding hydrogens is 881 g/mol. The maximum Gasteiger partial charge on any atom is 0.335 e. The van der Waals surface area contributed by atoms with Gasteiger partial charge in [-0.2, -0.15) is 0 Å². The Balaban J connectivity index is 0.994. The Morgan fingerprint density at radius 3 is 1.88 bits per heavy atom. The third-order valence-electron chi connectivity index (χ3n) is 19.7. The number of carbonyl (C=O) groups is 2. The number of aliphatic hydroxyl groups excluding tert-OH is 10. The number of carbonyl (C=O) groups excluding carboxylic acids is 1. The first-order chi connectivity index (χ1) is 31.3. The highest BCUT2D eigenvalue weighted by Crippen LogP contribution is 2.78. The Bertz CT molecular complexity index is 1850. The summed E-state index contributed by atoms with van der Waals surface area (Å²) in [6.45, 7) is 16.7. The average molecular weight is 957 g/mol. The molecule has 382 valence electrons. The van der Waals surface area contributed by atoms with Crippen molar-refractivity contribution in [3.05, 3.63) is 12.2 Å². The van der Waals surface area contributed by atoms with E-state index in [0.29, 0.717) is 31.6 Å². The van der Waals surface area contributed by atoms with Gasteiger partial charge in [-0.15, -0.1) is 0 Å². The van der Waals surface area contributed by atoms with Crippen molar-refractivity contribution in [2.75, 3.05) is 13.2 Å². The van der Waals surface area contributed by atoms with Gasteiger partial charge < -0.3 is 84.6 Å². The van der Waals surface area contributed by atoms with Crippen LogP contribution in [0.15, 0.2) is 12.2 Å². The van der Waals surface area contributed by atoms with Crippen molar-refractivity contribution in [1.82, 2.24) is 0 Å². The lowest BCUT2D eigenvalue weighted by atomic mass is 9.32. The van der Waals surface area contributed by atoms with Gasteiger partial charge in [-0.1, -0.05) is 46.8 Å². The van der Waals surface area contributed by atoms with E-state index in [2.05, 4.69) is 41.2 Å². The van der Waals surface area contributed by atoms with E-state index in [9.17, 15) is 65.8 Å². The van der Waals surface area contributed by atoms with Crippen molar-refractivity contribution in [2.45, 2.75) is 204 Å². The predicted molar refractivity (Wildman–Crippen MR) is 231 cm³/mol. The monoisotopic (exact) mass is 956 g/mol. The number of allylic oxidation sites excluding steroid dienone is 1. The van der Waals surface area contributed by atoms with E-state index in [1.54, 1.807) is 0 Å². The van der Waals surface area contributed by atoms with Crippen molar-refractivity contribution in [1.29, 1.82) is 0 Å². The van der Waals surface area contributed by atoms with Crippen molar-refractivity contribution in [3.8, 4) is 0 Å². The molecule has 3 aliphatic heterocycles. The van der Waals surface area contributed by atoms with E-state index >= 15 is 0 Å². The van der Waals surface area contributed by atoms with Gasteiger partial charge in [0.05, 0.1) is 24.7 Å². The molecule has 0 radical (unpaired) electrons. The van der Waals surface area contributed by atoms with Crippen molar-refractivity contribution < 1.29 is 94.2 Å². The minimum absolute atomic E-state index is 0.0118. The topological polar surface area (TPSA) is 312 Å². The number of ether oxygens (including phenoxy) is 6. The van der Waals surface area contributed by atoms with Gasteiger partial charge in [-0.3, -0.25) is 4.79 Å². The Kier molecular flexibility index (Phi) is 14.0. The van der Waals surface area contributed by atoms with E-state index in [4.69, 9.17) is 28.4 Å². The molecule has 5 saturated carbocycles. The summed E-state index contributed by atoms with van der Waals surface area (Å²) < 4.78 is 35.1. The molecular formula is C48H76O19. The summed E-state index contributed by atoms with van der Waals surface area (Å²) in [6.07, 6.45) is -17.7. The molecule has 25 atom stereocenters. The molecule has 5 aliphatic carbocycles. The summed E-state index contributed by atoms with van der Waals surface area (Å²) >= 11 is 0. The second kappa shape index (κ2) is 18.3. The van der Waals surface area contributed by atoms with E-state index in [0.717, 1.165) is 44.1 Å². The molecule has 19 nitrogen and oxygen atoms in total. The Hall–Kier alpha value is -1.92. The zero-order chi connectivity index (χ0) is 49.1. The van der Waals surface area contributed by atoms with Crippen LogP contribution in [-0.4, -0.2) is 180 Å². The van der Waals surface area contributed by atoms with Crippen LogP contribution < -0.4 is 0 Å². The largest absolute Gasteiger partial charge is 0.479 e. The van der Waals surface area contributed by atoms with Crippen LogP contribution >= 0.6 is 0 Å². The molecule has 19 heteroatoms. The van der Waals surface area contributed by atoms with Crippen molar-refractivity contribution in [2.24, 2.45) is 56.7 Å². The number of esters is 1. The van der Waals surface area contributed by atoms with Crippen LogP contribution in [0.4, 0.5) is 0 Å². The zero-order valence-corrected chi connectivity index (χ0v) is 39.5. The van der Waals surface area contributed by atoms with Crippen LogP contribution in [0.3, 0.4) is 0 Å². The molecule has 3 heterocycles. The lowest BCUT2D eigenvalue weighted by molar-refractivity contribution is -0.329. The minimum Gasteiger partial charge on any atom is -0.479 e. The quantitative estimate of drug-likeness (QED) is 0.0785. The first-order valence-corrected chi connectivity index (χ1v) is 24.4. The van der Waals surface area contributed by atoms with Gasteiger partial charge in [0.25, 0.3) is 0 Å². The fraction of sp³-hybridized carbons (Fsp3) is 0.917. The van der Waals surface area contributed by atoms with Gasteiger partial charge in [0.2, 0.25) is 6.29 Å². The molecule has 0 spiro atoms. The highest BCUT2D eigenvalue weighted by atomic mass is 16.7. The van der Waals surface area contributed by atoms with Gasteiger partial charge in [0.1, 0.15) is 67.1 Å². The third-order valence-corrected chi connectivity index (χ3v) is 19.7. The van der Waals surface area contributed by atoms with Crippen molar-refractivity contribution >= 4 is 11.9 Å². The Labute approximate surface area is 391 Å². The SMILES string of the molecule is C=C(C)C1CCC2(C(=O)OC3OC(COC4OC(CO)C(O)C(O)C4O)C(O)C(O)C3O)CCC3(C)C(CCC4C5(C)CCC(OC6OC(C(=O)O)C(O)C(O)C6O)C(C)(C)C5CCC43C)C12. The number of hydrogen-bond donors (Lipinski definition) is 11. The fourth-order valence-electron chi connectivity index (χ4n) is 15.8. The molecule has 25 unspecified atom stereocenters. The highest BCUT2D eigenvalue weighted by molar-refractivity contribution is 5.78. The van der Waals surface area contributed by atoms with E-state index in [1.165, 1.54) is 0 Å². The van der Waals surface area contributed by atoms with Gasteiger partial charge in [-0.25, -0.2) is 4.79 Å². The molecule has 0 aromatic carbocycles. The van der Waals surface area contributed by atoms with E-state index in [-0.39, 0.29) is 39.9 Å². The predicted octanol–water partition coefficient (Wildman–Crippen LogP) is 0.0887. The van der Waals surface area contributed by atoms with Crippen LogP contribution in [0.2, 0.25) is 0 Å². The lowest BCUT2D eigenvalue weighted by Gasteiger charge is -2.73. The van der Waals surface area contributed by atoms with Crippen LogP contribution in [0.25, 0.3) is 0 Å². The number of fused-ring (bicyclic) bond motifs is 7. The van der Waals surface area contributed by atoms with Gasteiger partial charge >= 0.3 is 11.9 Å². The van der Waals surface area contributed by atoms with Crippen LogP contribution in [0, 0.1) is 56.7 Å². The molecule has 0 aromatic heterocycles. The highest BCUT2D eigenvalue weighted by Gasteiger charge is 2.73. The van der Waals surface area contributed by atoms with Crippen LogP contribution in [0.5, 0.6) is 0 Å². The standard InChI is InChI=1S/C48H76O19/c1-20(2)21-10-15-48(43(61)67-41-36(57)32(53)30(51)24(64-41)19-62-40-35(56)31(52)29(50)23(18-49)63-40)17-16-46(6)22(28(21)48)8-9-26-45(5)13-12-27(44(3,4)25(45)11-14-47(26,46)7)65-42-37(58)33(54)34(55)38(66-42)39(59)60/h21-38,40-42,49-58H,1,8-19H2,2-7H3,(H,59,60). The lowest BCUT2D eigenvalue weighted by Crippen LogP contribution is -2.68. The molecule has 8 aliphatic rings. The molecule has 0 bridgehead atoms. The third kappa shape index (κ3) is 7.97. The Morgan fingerprint density at radius 1 is 0.627 bits per heavy atom. The van der Waals surface area contributed by atoms with Gasteiger partial charge in [0.15, 0.2) is 18.7 Å². The van der Waals surface area contributed by atoms with Gasteiger partial charge in [0, 0.05) is 0 Å². The maximum atomic E-state index is 15.0. The van der Waals surface area contributed by atoms with Crippen molar-refractivity contribution in [3.63, 3.8) is 0 Å². The second-order valence-corrected chi connectivity index (χ2v) is 23.0. The summed E-state index contributed by atoms with van der Waals surface area (Å²) in [5, 5.41) is 115. The first-order valence-electron chi connectivity index (χ1n) is 24.4. The second-order valence-electron chi connectivity index (χ2n) is 23.0. The molecule has 67 heavy (non-hydrogen) atoms. The zero-order valence-electron chi connectivity index (χ0n) is 39.5. The summed E-state index contributed by atoms with van der Waals surface area (Å²) in [5.41, 5.74) is -0.902. The number of aliphatic carboxylic acids is 1. The number of hydrogen-bond acceptors (Lipinski definition) is 18. The summed E-state index contributed by atoms with van der Waals surface area (Å²) in [6, 6.07) is 0. The number of carboxylic acid groups (broad SMARTS) is 1. The molecule has 0 aromatic rings. The molecule has 3 saturated heterocycles. The van der Waals surface area contributed by atoms with E-state index in [1.807, 2.05) is 6.92 Å². The minimum atomic E-state index is -1.82. The maximum absolute atomic E-state index is 15.0. The molecule has 8 rings (SSSR count). The molecule has 11 N–H and O–H groups in total. The molecule has 8 fully saturated rings.